The maximum Gasteiger partial charge on any atom is 0.251 e. The summed E-state index contributed by atoms with van der Waals surface area (Å²) in [5.74, 6) is 0.801. The third kappa shape index (κ3) is 7.02. The fourth-order valence-corrected chi connectivity index (χ4v) is 4.70. The van der Waals surface area contributed by atoms with Gasteiger partial charge in [-0.2, -0.15) is 0 Å². The Kier molecular flexibility index (Phi) is 9.19. The highest BCUT2D eigenvalue weighted by molar-refractivity contribution is 7.80. The molecule has 0 spiro atoms. The standard InChI is InChI=1S/C27H28N6OS.CH2F2/c1-17-15-33(16-18(2)30-17)26-8-4-7-23(32-26)24-10-9-20-13-28-21(12-25(20)31-24)14-29-27(34)19-5-3-6-22(35)11-19;2-1-3/h3-13,17-18,30,35H,14-16H2,1-2H3,(H,29,34);1H2. The number of anilines is 1. The van der Waals surface area contributed by atoms with Crippen molar-refractivity contribution in [2.24, 2.45) is 0 Å². The Balaban J connectivity index is 0.00000107. The number of rotatable bonds is 5. The van der Waals surface area contributed by atoms with Gasteiger partial charge in [-0.25, -0.2) is 18.7 Å². The van der Waals surface area contributed by atoms with Crippen LogP contribution in [0.2, 0.25) is 0 Å². The van der Waals surface area contributed by atoms with Crippen molar-refractivity contribution < 1.29 is 13.6 Å². The molecule has 2 N–H and O–H groups in total. The molecule has 198 valence electrons. The summed E-state index contributed by atoms with van der Waals surface area (Å²) in [6, 6.07) is 20.0. The number of benzene rings is 1. The summed E-state index contributed by atoms with van der Waals surface area (Å²) < 4.78 is 19.2. The van der Waals surface area contributed by atoms with Crippen molar-refractivity contribution in [3.63, 3.8) is 0 Å². The highest BCUT2D eigenvalue weighted by Gasteiger charge is 2.22. The molecule has 0 radical (unpaired) electrons. The molecule has 10 heteroatoms. The lowest BCUT2D eigenvalue weighted by Gasteiger charge is -2.37. The van der Waals surface area contributed by atoms with Gasteiger partial charge in [0.1, 0.15) is 5.82 Å². The summed E-state index contributed by atoms with van der Waals surface area (Å²) in [4.78, 5) is 29.8. The Morgan fingerprint density at radius 2 is 1.74 bits per heavy atom. The number of alkyl halides is 2. The van der Waals surface area contributed by atoms with Crippen LogP contribution in [-0.2, 0) is 6.54 Å². The molecule has 1 aliphatic heterocycles. The van der Waals surface area contributed by atoms with Crippen LogP contribution in [0.15, 0.2) is 71.8 Å². The lowest BCUT2D eigenvalue weighted by Crippen LogP contribution is -2.54. The van der Waals surface area contributed by atoms with Gasteiger partial charge in [0.15, 0.2) is 0 Å². The third-order valence-corrected chi connectivity index (χ3v) is 6.33. The summed E-state index contributed by atoms with van der Waals surface area (Å²) in [6.07, 6.45) is 1.79. The molecular weight excluding hydrogens is 506 g/mol. The molecule has 0 aliphatic carbocycles. The van der Waals surface area contributed by atoms with Crippen LogP contribution in [0.5, 0.6) is 0 Å². The fourth-order valence-electron chi connectivity index (χ4n) is 4.47. The van der Waals surface area contributed by atoms with Gasteiger partial charge in [-0.15, -0.1) is 12.6 Å². The second-order valence-electron chi connectivity index (χ2n) is 9.15. The number of piperazine rings is 1. The number of halogens is 2. The van der Waals surface area contributed by atoms with E-state index < -0.39 is 6.93 Å². The van der Waals surface area contributed by atoms with Crippen molar-refractivity contribution in [3.8, 4) is 11.4 Å². The van der Waals surface area contributed by atoms with E-state index in [1.165, 1.54) is 0 Å². The molecule has 1 aromatic carbocycles. The van der Waals surface area contributed by atoms with Gasteiger partial charge in [0, 0.05) is 47.2 Å². The number of hydrogen-bond donors (Lipinski definition) is 3. The molecule has 1 saturated heterocycles. The minimum Gasteiger partial charge on any atom is -0.353 e. The Morgan fingerprint density at radius 1 is 1.03 bits per heavy atom. The average molecular weight is 537 g/mol. The zero-order valence-electron chi connectivity index (χ0n) is 21.2. The minimum atomic E-state index is -1.75. The van der Waals surface area contributed by atoms with Gasteiger partial charge < -0.3 is 15.5 Å². The van der Waals surface area contributed by atoms with E-state index >= 15 is 0 Å². The van der Waals surface area contributed by atoms with Gasteiger partial charge in [0.2, 0.25) is 6.93 Å². The van der Waals surface area contributed by atoms with E-state index in [-0.39, 0.29) is 5.91 Å². The molecule has 4 heterocycles. The first-order chi connectivity index (χ1) is 18.4. The SMILES string of the molecule is CC1CN(c2cccc(-c3ccc4cnc(CNC(=O)c5cccc(S)c5)cc4n3)n2)CC(C)N1.FCF. The quantitative estimate of drug-likeness (QED) is 0.312. The highest BCUT2D eigenvalue weighted by atomic mass is 32.1. The maximum absolute atomic E-state index is 12.5. The molecule has 38 heavy (non-hydrogen) atoms. The van der Waals surface area contributed by atoms with E-state index in [9.17, 15) is 13.6 Å². The Bertz CT molecular complexity index is 1390. The Labute approximate surface area is 226 Å². The second kappa shape index (κ2) is 12.7. The van der Waals surface area contributed by atoms with Crippen LogP contribution in [0.4, 0.5) is 14.6 Å². The van der Waals surface area contributed by atoms with Crippen molar-refractivity contribution in [3.05, 3.63) is 78.1 Å². The molecule has 3 aromatic heterocycles. The van der Waals surface area contributed by atoms with Gasteiger partial charge in [0.05, 0.1) is 29.1 Å². The summed E-state index contributed by atoms with van der Waals surface area (Å²) in [5, 5.41) is 7.42. The molecule has 2 atom stereocenters. The topological polar surface area (TPSA) is 83.0 Å². The van der Waals surface area contributed by atoms with Gasteiger partial charge >= 0.3 is 0 Å². The number of carbonyl (C=O) groups is 1. The monoisotopic (exact) mass is 536 g/mol. The van der Waals surface area contributed by atoms with Gasteiger partial charge in [0.25, 0.3) is 5.91 Å². The summed E-state index contributed by atoms with van der Waals surface area (Å²) >= 11 is 4.30. The van der Waals surface area contributed by atoms with E-state index in [2.05, 4.69) is 53.1 Å². The number of amides is 1. The largest absolute Gasteiger partial charge is 0.353 e. The molecule has 1 aliphatic rings. The average Bonchev–Trinajstić information content (AvgIpc) is 2.91. The van der Waals surface area contributed by atoms with E-state index in [0.29, 0.717) is 24.2 Å². The maximum atomic E-state index is 12.5. The zero-order chi connectivity index (χ0) is 27.1. The molecule has 1 amide bonds. The fraction of sp³-hybridized carbons (Fsp3) is 0.286. The predicted molar refractivity (Wildman–Crippen MR) is 149 cm³/mol. The third-order valence-electron chi connectivity index (χ3n) is 6.05. The normalized spacial score (nSPS) is 17.0. The number of fused-ring (bicyclic) bond motifs is 1. The van der Waals surface area contributed by atoms with Crippen LogP contribution in [0.25, 0.3) is 22.3 Å². The number of nitrogens with one attached hydrogen (secondary N) is 2. The number of hydrogen-bond acceptors (Lipinski definition) is 7. The lowest BCUT2D eigenvalue weighted by molar-refractivity contribution is 0.0950. The number of thiol groups is 1. The van der Waals surface area contributed by atoms with Crippen LogP contribution in [0.3, 0.4) is 0 Å². The molecular formula is C28H30F2N6OS. The number of aromatic nitrogens is 3. The zero-order valence-corrected chi connectivity index (χ0v) is 22.1. The van der Waals surface area contributed by atoms with Crippen LogP contribution in [-0.4, -0.2) is 53.0 Å². The first-order valence-electron chi connectivity index (χ1n) is 12.3. The number of carbonyl (C=O) groups excluding carboxylic acids is 1. The van der Waals surface area contributed by atoms with Crippen molar-refractivity contribution in [1.82, 2.24) is 25.6 Å². The summed E-state index contributed by atoms with van der Waals surface area (Å²) in [6.45, 7) is 4.80. The molecule has 1 fully saturated rings. The van der Waals surface area contributed by atoms with Crippen LogP contribution >= 0.6 is 12.6 Å². The number of nitrogens with zero attached hydrogens (tertiary/aromatic N) is 4. The summed E-state index contributed by atoms with van der Waals surface area (Å²) in [7, 11) is 0. The van der Waals surface area contributed by atoms with Crippen molar-refractivity contribution >= 4 is 35.3 Å². The highest BCUT2D eigenvalue weighted by Crippen LogP contribution is 2.23. The van der Waals surface area contributed by atoms with Crippen molar-refractivity contribution in [2.45, 2.75) is 37.4 Å². The molecule has 2 unspecified atom stereocenters. The van der Waals surface area contributed by atoms with Crippen LogP contribution in [0, 0.1) is 0 Å². The van der Waals surface area contributed by atoms with Crippen molar-refractivity contribution in [2.75, 3.05) is 24.9 Å². The Morgan fingerprint density at radius 3 is 2.47 bits per heavy atom. The number of pyridine rings is 3. The van der Waals surface area contributed by atoms with Gasteiger partial charge in [-0.1, -0.05) is 12.1 Å². The van der Waals surface area contributed by atoms with E-state index in [0.717, 1.165) is 51.8 Å². The van der Waals surface area contributed by atoms with Gasteiger partial charge in [-0.3, -0.25) is 9.78 Å². The molecule has 7 nitrogen and oxygen atoms in total. The molecule has 5 rings (SSSR count). The first kappa shape index (κ1) is 27.4. The van der Waals surface area contributed by atoms with Crippen molar-refractivity contribution in [1.29, 1.82) is 0 Å². The van der Waals surface area contributed by atoms with Crippen LogP contribution in [0.1, 0.15) is 29.9 Å². The second-order valence-corrected chi connectivity index (χ2v) is 9.67. The lowest BCUT2D eigenvalue weighted by atomic mass is 10.1. The molecule has 0 bridgehead atoms. The minimum absolute atomic E-state index is 0.165. The van der Waals surface area contributed by atoms with E-state index in [1.807, 2.05) is 42.5 Å². The van der Waals surface area contributed by atoms with E-state index in [1.54, 1.807) is 18.3 Å². The molecule has 4 aromatic rings. The van der Waals surface area contributed by atoms with Gasteiger partial charge in [-0.05, 0) is 62.4 Å². The first-order valence-corrected chi connectivity index (χ1v) is 12.7. The van der Waals surface area contributed by atoms with Crippen LogP contribution < -0.4 is 15.5 Å². The molecule has 0 saturated carbocycles. The predicted octanol–water partition coefficient (Wildman–Crippen LogP) is 4.98. The van der Waals surface area contributed by atoms with E-state index in [4.69, 9.17) is 9.97 Å². The Hall–Kier alpha value is -3.63. The summed E-state index contributed by atoms with van der Waals surface area (Å²) in [5.41, 5.74) is 3.76. The smallest absolute Gasteiger partial charge is 0.251 e.